The molecule has 0 amide bonds. The number of benzene rings is 2. The SMILES string of the molecule is N#Cc1cc2ccccc2nc1Nc1cc(Cl)ccc1Br. The van der Waals surface area contributed by atoms with Gasteiger partial charge in [-0.25, -0.2) is 4.98 Å². The first kappa shape index (κ1) is 13.9. The second kappa shape index (κ2) is 5.72. The molecule has 0 fully saturated rings. The van der Waals surface area contributed by atoms with Crippen LogP contribution in [0.3, 0.4) is 0 Å². The highest BCUT2D eigenvalue weighted by atomic mass is 79.9. The maximum absolute atomic E-state index is 9.31. The Bertz CT molecular complexity index is 871. The Morgan fingerprint density at radius 1 is 1.14 bits per heavy atom. The fourth-order valence-corrected chi connectivity index (χ4v) is 2.54. The van der Waals surface area contributed by atoms with Gasteiger partial charge in [-0.15, -0.1) is 0 Å². The van der Waals surface area contributed by atoms with Crippen molar-refractivity contribution in [2.75, 3.05) is 5.32 Å². The van der Waals surface area contributed by atoms with E-state index in [0.717, 1.165) is 21.1 Å². The molecule has 1 N–H and O–H groups in total. The summed E-state index contributed by atoms with van der Waals surface area (Å²) < 4.78 is 0.853. The van der Waals surface area contributed by atoms with Gasteiger partial charge in [0, 0.05) is 14.9 Å². The van der Waals surface area contributed by atoms with Crippen LogP contribution in [0.4, 0.5) is 11.5 Å². The molecule has 0 atom stereocenters. The van der Waals surface area contributed by atoms with E-state index in [2.05, 4.69) is 32.3 Å². The third-order valence-corrected chi connectivity index (χ3v) is 3.95. The molecular weight excluding hydrogens is 350 g/mol. The molecule has 0 aliphatic heterocycles. The Balaban J connectivity index is 2.11. The molecule has 0 saturated heterocycles. The van der Waals surface area contributed by atoms with Crippen molar-refractivity contribution >= 4 is 49.9 Å². The molecule has 5 heteroatoms. The summed E-state index contributed by atoms with van der Waals surface area (Å²) in [6, 6.07) is 17.1. The molecule has 0 bridgehead atoms. The second-order valence-electron chi connectivity index (χ2n) is 4.44. The van der Waals surface area contributed by atoms with Crippen LogP contribution in [0.1, 0.15) is 5.56 Å². The number of nitriles is 1. The van der Waals surface area contributed by atoms with Crippen LogP contribution < -0.4 is 5.32 Å². The molecule has 0 saturated carbocycles. The largest absolute Gasteiger partial charge is 0.338 e. The number of rotatable bonds is 2. The van der Waals surface area contributed by atoms with E-state index < -0.39 is 0 Å². The summed E-state index contributed by atoms with van der Waals surface area (Å²) in [5.74, 6) is 0.513. The van der Waals surface area contributed by atoms with Crippen molar-refractivity contribution in [1.29, 1.82) is 5.26 Å². The molecule has 0 radical (unpaired) electrons. The molecule has 3 aromatic rings. The highest BCUT2D eigenvalue weighted by Crippen LogP contribution is 2.30. The molecule has 1 aromatic heterocycles. The van der Waals surface area contributed by atoms with Gasteiger partial charge in [-0.2, -0.15) is 5.26 Å². The lowest BCUT2D eigenvalue weighted by Gasteiger charge is -2.10. The number of nitrogens with zero attached hydrogens (tertiary/aromatic N) is 2. The summed E-state index contributed by atoms with van der Waals surface area (Å²) in [4.78, 5) is 4.51. The molecule has 21 heavy (non-hydrogen) atoms. The van der Waals surface area contributed by atoms with Gasteiger partial charge < -0.3 is 5.32 Å². The molecule has 0 spiro atoms. The average molecular weight is 359 g/mol. The lowest BCUT2D eigenvalue weighted by atomic mass is 10.1. The van der Waals surface area contributed by atoms with Crippen LogP contribution in [0.15, 0.2) is 53.0 Å². The number of hydrogen-bond acceptors (Lipinski definition) is 3. The molecule has 3 rings (SSSR count). The highest BCUT2D eigenvalue weighted by molar-refractivity contribution is 9.10. The Kier molecular flexibility index (Phi) is 3.78. The molecule has 0 aliphatic rings. The van der Waals surface area contributed by atoms with Crippen LogP contribution in [0.2, 0.25) is 5.02 Å². The van der Waals surface area contributed by atoms with E-state index in [1.165, 1.54) is 0 Å². The van der Waals surface area contributed by atoms with E-state index >= 15 is 0 Å². The first-order chi connectivity index (χ1) is 10.2. The third-order valence-electron chi connectivity index (χ3n) is 3.03. The summed E-state index contributed by atoms with van der Waals surface area (Å²) in [5, 5.41) is 14.0. The van der Waals surface area contributed by atoms with Crippen molar-refractivity contribution in [2.24, 2.45) is 0 Å². The zero-order chi connectivity index (χ0) is 14.8. The van der Waals surface area contributed by atoms with Crippen molar-refractivity contribution in [2.45, 2.75) is 0 Å². The maximum atomic E-state index is 9.31. The lowest BCUT2D eigenvalue weighted by Crippen LogP contribution is -1.98. The number of pyridine rings is 1. The van der Waals surface area contributed by atoms with Gasteiger partial charge in [0.05, 0.1) is 16.8 Å². The maximum Gasteiger partial charge on any atom is 0.149 e. The van der Waals surface area contributed by atoms with Crippen LogP contribution in [0.25, 0.3) is 10.9 Å². The monoisotopic (exact) mass is 357 g/mol. The molecule has 2 aromatic carbocycles. The summed E-state index contributed by atoms with van der Waals surface area (Å²) in [5.41, 5.74) is 2.08. The minimum absolute atomic E-state index is 0.487. The van der Waals surface area contributed by atoms with Gasteiger partial charge in [-0.1, -0.05) is 29.8 Å². The fraction of sp³-hybridized carbons (Fsp3) is 0. The topological polar surface area (TPSA) is 48.7 Å². The molecular formula is C16H9BrClN3. The van der Waals surface area contributed by atoms with Crippen LogP contribution in [0.5, 0.6) is 0 Å². The van der Waals surface area contributed by atoms with E-state index in [-0.39, 0.29) is 0 Å². The Labute approximate surface area is 135 Å². The predicted octanol–water partition coefficient (Wildman–Crippen LogP) is 5.27. The molecule has 0 unspecified atom stereocenters. The van der Waals surface area contributed by atoms with E-state index in [0.29, 0.717) is 16.4 Å². The Morgan fingerprint density at radius 2 is 1.95 bits per heavy atom. The summed E-state index contributed by atoms with van der Waals surface area (Å²) in [6.45, 7) is 0. The molecule has 3 nitrogen and oxygen atoms in total. The standard InChI is InChI=1S/C16H9BrClN3/c17-13-6-5-12(18)8-15(13)21-16-11(9-19)7-10-3-1-2-4-14(10)20-16/h1-8H,(H,20,21). The van der Waals surface area contributed by atoms with Crippen molar-refractivity contribution in [1.82, 2.24) is 4.98 Å². The van der Waals surface area contributed by atoms with E-state index in [1.54, 1.807) is 12.1 Å². The first-order valence-electron chi connectivity index (χ1n) is 6.19. The van der Waals surface area contributed by atoms with E-state index in [4.69, 9.17) is 11.6 Å². The fourth-order valence-electron chi connectivity index (χ4n) is 2.02. The van der Waals surface area contributed by atoms with Crippen molar-refractivity contribution in [3.05, 3.63) is 63.6 Å². The minimum atomic E-state index is 0.487. The predicted molar refractivity (Wildman–Crippen MR) is 88.9 cm³/mol. The number of nitrogens with one attached hydrogen (secondary N) is 1. The summed E-state index contributed by atoms with van der Waals surface area (Å²) in [7, 11) is 0. The van der Waals surface area contributed by atoms with Crippen LogP contribution in [-0.2, 0) is 0 Å². The molecule has 1 heterocycles. The van der Waals surface area contributed by atoms with Crippen LogP contribution in [-0.4, -0.2) is 4.98 Å². The van der Waals surface area contributed by atoms with Gasteiger partial charge in [-0.05, 0) is 46.3 Å². The average Bonchev–Trinajstić information content (AvgIpc) is 2.50. The second-order valence-corrected chi connectivity index (χ2v) is 5.73. The van der Waals surface area contributed by atoms with Crippen molar-refractivity contribution in [3.8, 4) is 6.07 Å². The van der Waals surface area contributed by atoms with Gasteiger partial charge >= 0.3 is 0 Å². The van der Waals surface area contributed by atoms with Gasteiger partial charge in [0.25, 0.3) is 0 Å². The zero-order valence-corrected chi connectivity index (χ0v) is 13.1. The number of hydrogen-bond donors (Lipinski definition) is 1. The molecule has 102 valence electrons. The quantitative estimate of drug-likeness (QED) is 0.679. The Hall–Kier alpha value is -2.09. The van der Waals surface area contributed by atoms with Gasteiger partial charge in [0.15, 0.2) is 0 Å². The summed E-state index contributed by atoms with van der Waals surface area (Å²) in [6.07, 6.45) is 0. The van der Waals surface area contributed by atoms with Crippen molar-refractivity contribution < 1.29 is 0 Å². The number of para-hydroxylation sites is 1. The third kappa shape index (κ3) is 2.85. The number of fused-ring (bicyclic) bond motifs is 1. The van der Waals surface area contributed by atoms with Crippen LogP contribution >= 0.6 is 27.5 Å². The minimum Gasteiger partial charge on any atom is -0.338 e. The lowest BCUT2D eigenvalue weighted by molar-refractivity contribution is 1.34. The van der Waals surface area contributed by atoms with Crippen LogP contribution in [0, 0.1) is 11.3 Å². The normalized spacial score (nSPS) is 10.3. The smallest absolute Gasteiger partial charge is 0.149 e. The number of halogens is 2. The molecule has 0 aliphatic carbocycles. The highest BCUT2D eigenvalue weighted by Gasteiger charge is 2.09. The number of anilines is 2. The van der Waals surface area contributed by atoms with Gasteiger partial charge in [0.2, 0.25) is 0 Å². The van der Waals surface area contributed by atoms with Gasteiger partial charge in [0.1, 0.15) is 11.9 Å². The first-order valence-corrected chi connectivity index (χ1v) is 7.36. The van der Waals surface area contributed by atoms with Gasteiger partial charge in [-0.3, -0.25) is 0 Å². The van der Waals surface area contributed by atoms with Crippen molar-refractivity contribution in [3.63, 3.8) is 0 Å². The van der Waals surface area contributed by atoms with E-state index in [1.807, 2.05) is 36.4 Å². The van der Waals surface area contributed by atoms with E-state index in [9.17, 15) is 5.26 Å². The summed E-state index contributed by atoms with van der Waals surface area (Å²) >= 11 is 9.46. The Morgan fingerprint density at radius 3 is 2.76 bits per heavy atom. The zero-order valence-electron chi connectivity index (χ0n) is 10.8. The number of aromatic nitrogens is 1.